The van der Waals surface area contributed by atoms with Crippen molar-refractivity contribution in [3.8, 4) is 0 Å². The Bertz CT molecular complexity index is 488. The van der Waals surface area contributed by atoms with E-state index in [2.05, 4.69) is 10.4 Å². The molecule has 8 heteroatoms. The SMILES string of the molecule is CN(NCc1ccc(C(F)(F)F)cn1)C(=O)[C@H]1C[C@H]1F. The average Bonchev–Trinajstić information content (AvgIpc) is 3.11. The number of aromatic nitrogens is 1. The van der Waals surface area contributed by atoms with Crippen LogP contribution in [-0.2, 0) is 17.5 Å². The van der Waals surface area contributed by atoms with Gasteiger partial charge in [-0.3, -0.25) is 14.8 Å². The van der Waals surface area contributed by atoms with Gasteiger partial charge in [-0.05, 0) is 18.6 Å². The van der Waals surface area contributed by atoms with E-state index in [9.17, 15) is 22.4 Å². The van der Waals surface area contributed by atoms with Gasteiger partial charge in [-0.15, -0.1) is 0 Å². The zero-order valence-electron chi connectivity index (χ0n) is 10.6. The van der Waals surface area contributed by atoms with E-state index < -0.39 is 23.8 Å². The van der Waals surface area contributed by atoms with Crippen molar-refractivity contribution in [1.82, 2.24) is 15.4 Å². The quantitative estimate of drug-likeness (QED) is 0.681. The van der Waals surface area contributed by atoms with E-state index in [1.165, 1.54) is 13.1 Å². The number of carbonyl (C=O) groups excluding carboxylic acids is 1. The van der Waals surface area contributed by atoms with E-state index in [1.807, 2.05) is 0 Å². The Kier molecular flexibility index (Phi) is 3.94. The number of carbonyl (C=O) groups is 1. The number of alkyl halides is 4. The first-order valence-electron chi connectivity index (χ1n) is 5.96. The topological polar surface area (TPSA) is 45.2 Å². The number of amides is 1. The maximum absolute atomic E-state index is 12.7. The second-order valence-electron chi connectivity index (χ2n) is 4.63. The number of hydrazine groups is 1. The lowest BCUT2D eigenvalue weighted by Crippen LogP contribution is -2.40. The van der Waals surface area contributed by atoms with E-state index in [1.54, 1.807) is 0 Å². The molecule has 110 valence electrons. The average molecular weight is 291 g/mol. The van der Waals surface area contributed by atoms with Crippen LogP contribution in [-0.4, -0.2) is 29.1 Å². The molecule has 1 fully saturated rings. The number of nitrogens with one attached hydrogen (secondary N) is 1. The summed E-state index contributed by atoms with van der Waals surface area (Å²) in [7, 11) is 1.44. The van der Waals surface area contributed by atoms with Crippen molar-refractivity contribution >= 4 is 5.91 Å². The fourth-order valence-electron chi connectivity index (χ4n) is 1.64. The fourth-order valence-corrected chi connectivity index (χ4v) is 1.64. The Labute approximate surface area is 112 Å². The van der Waals surface area contributed by atoms with E-state index in [0.717, 1.165) is 17.3 Å². The van der Waals surface area contributed by atoms with Gasteiger partial charge in [-0.25, -0.2) is 9.82 Å². The Morgan fingerprint density at radius 2 is 2.15 bits per heavy atom. The molecule has 4 nitrogen and oxygen atoms in total. The highest BCUT2D eigenvalue weighted by atomic mass is 19.4. The molecule has 1 aromatic rings. The third kappa shape index (κ3) is 3.44. The van der Waals surface area contributed by atoms with Crippen LogP contribution < -0.4 is 5.43 Å². The van der Waals surface area contributed by atoms with Crippen molar-refractivity contribution in [2.75, 3.05) is 7.05 Å². The summed E-state index contributed by atoms with van der Waals surface area (Å²) in [6.07, 6.45) is -4.55. The minimum Gasteiger partial charge on any atom is -0.280 e. The molecule has 0 unspecified atom stereocenters. The molecule has 0 aliphatic heterocycles. The molecular formula is C12H13F4N3O. The van der Waals surface area contributed by atoms with Crippen LogP contribution in [0, 0.1) is 5.92 Å². The largest absolute Gasteiger partial charge is 0.417 e. The summed E-state index contributed by atoms with van der Waals surface area (Å²) in [5.74, 6) is -0.975. The molecule has 2 atom stereocenters. The summed E-state index contributed by atoms with van der Waals surface area (Å²) < 4.78 is 49.7. The lowest BCUT2D eigenvalue weighted by Gasteiger charge is -2.18. The van der Waals surface area contributed by atoms with Gasteiger partial charge in [0.15, 0.2) is 0 Å². The fraction of sp³-hybridized carbons (Fsp3) is 0.500. The minimum atomic E-state index is -4.42. The normalized spacial score (nSPS) is 21.6. The van der Waals surface area contributed by atoms with Crippen LogP contribution in [0.4, 0.5) is 17.6 Å². The van der Waals surface area contributed by atoms with Crippen molar-refractivity contribution < 1.29 is 22.4 Å². The van der Waals surface area contributed by atoms with Gasteiger partial charge in [0.2, 0.25) is 5.91 Å². The van der Waals surface area contributed by atoms with Gasteiger partial charge in [0, 0.05) is 13.2 Å². The predicted molar refractivity (Wildman–Crippen MR) is 61.9 cm³/mol. The summed E-state index contributed by atoms with van der Waals surface area (Å²) in [5, 5.41) is 1.14. The van der Waals surface area contributed by atoms with Gasteiger partial charge in [-0.2, -0.15) is 13.2 Å². The van der Waals surface area contributed by atoms with Gasteiger partial charge in [-0.1, -0.05) is 0 Å². The van der Waals surface area contributed by atoms with Crippen LogP contribution in [0.15, 0.2) is 18.3 Å². The number of halogens is 4. The molecule has 20 heavy (non-hydrogen) atoms. The van der Waals surface area contributed by atoms with Gasteiger partial charge in [0.25, 0.3) is 0 Å². The van der Waals surface area contributed by atoms with Crippen LogP contribution in [0.3, 0.4) is 0 Å². The summed E-state index contributed by atoms with van der Waals surface area (Å²) in [4.78, 5) is 15.2. The van der Waals surface area contributed by atoms with Crippen LogP contribution in [0.25, 0.3) is 0 Å². The third-order valence-corrected chi connectivity index (χ3v) is 3.01. The first kappa shape index (κ1) is 14.7. The second-order valence-corrected chi connectivity index (χ2v) is 4.63. The van der Waals surface area contributed by atoms with E-state index in [4.69, 9.17) is 0 Å². The van der Waals surface area contributed by atoms with Gasteiger partial charge >= 0.3 is 6.18 Å². The maximum atomic E-state index is 12.7. The van der Waals surface area contributed by atoms with Gasteiger partial charge in [0.05, 0.1) is 23.7 Å². The molecule has 2 rings (SSSR count). The molecule has 1 heterocycles. The van der Waals surface area contributed by atoms with Crippen molar-refractivity contribution in [2.24, 2.45) is 5.92 Å². The van der Waals surface area contributed by atoms with Crippen LogP contribution in [0.2, 0.25) is 0 Å². The van der Waals surface area contributed by atoms with E-state index in [-0.39, 0.29) is 18.9 Å². The molecule has 1 aliphatic rings. The Morgan fingerprint density at radius 3 is 2.60 bits per heavy atom. The lowest BCUT2D eigenvalue weighted by atomic mass is 10.2. The van der Waals surface area contributed by atoms with Crippen molar-refractivity contribution in [2.45, 2.75) is 25.3 Å². The Balaban J connectivity index is 1.86. The standard InChI is InChI=1S/C12H13F4N3O/c1-19(11(20)9-4-10(9)13)18-6-8-3-2-7(5-17-8)12(14,15)16/h2-3,5,9-10,18H,4,6H2,1H3/t9-,10+/m0/s1. The molecule has 1 aromatic heterocycles. The highest BCUT2D eigenvalue weighted by Gasteiger charge is 2.45. The van der Waals surface area contributed by atoms with Gasteiger partial charge in [0.1, 0.15) is 6.17 Å². The maximum Gasteiger partial charge on any atom is 0.417 e. The second kappa shape index (κ2) is 5.35. The molecular weight excluding hydrogens is 278 g/mol. The van der Waals surface area contributed by atoms with Crippen molar-refractivity contribution in [1.29, 1.82) is 0 Å². The molecule has 1 aliphatic carbocycles. The molecule has 1 N–H and O–H groups in total. The van der Waals surface area contributed by atoms with Crippen LogP contribution in [0.1, 0.15) is 17.7 Å². The van der Waals surface area contributed by atoms with Crippen molar-refractivity contribution in [3.63, 3.8) is 0 Å². The summed E-state index contributed by atoms with van der Waals surface area (Å²) in [6, 6.07) is 2.15. The molecule has 1 amide bonds. The smallest absolute Gasteiger partial charge is 0.280 e. The van der Waals surface area contributed by atoms with Crippen LogP contribution in [0.5, 0.6) is 0 Å². The number of hydrogen-bond donors (Lipinski definition) is 1. The zero-order chi connectivity index (χ0) is 14.9. The molecule has 1 saturated carbocycles. The predicted octanol–water partition coefficient (Wildman–Crippen LogP) is 1.92. The highest BCUT2D eigenvalue weighted by molar-refractivity contribution is 5.81. The van der Waals surface area contributed by atoms with Crippen molar-refractivity contribution in [3.05, 3.63) is 29.6 Å². The zero-order valence-corrected chi connectivity index (χ0v) is 10.6. The van der Waals surface area contributed by atoms with Gasteiger partial charge < -0.3 is 0 Å². The molecule has 0 bridgehead atoms. The third-order valence-electron chi connectivity index (χ3n) is 3.01. The van der Waals surface area contributed by atoms with Crippen LogP contribution >= 0.6 is 0 Å². The molecule has 0 saturated heterocycles. The Morgan fingerprint density at radius 1 is 1.50 bits per heavy atom. The lowest BCUT2D eigenvalue weighted by molar-refractivity contribution is -0.137. The summed E-state index contributed by atoms with van der Waals surface area (Å²) in [5.41, 5.74) is 2.19. The minimum absolute atomic E-state index is 0.0874. The highest BCUT2D eigenvalue weighted by Crippen LogP contribution is 2.34. The van der Waals surface area contributed by atoms with E-state index in [0.29, 0.717) is 5.69 Å². The summed E-state index contributed by atoms with van der Waals surface area (Å²) >= 11 is 0. The first-order valence-corrected chi connectivity index (χ1v) is 5.96. The number of hydrogen-bond acceptors (Lipinski definition) is 3. The summed E-state index contributed by atoms with van der Waals surface area (Å²) in [6.45, 7) is 0.0874. The number of nitrogens with zero attached hydrogens (tertiary/aromatic N) is 2. The van der Waals surface area contributed by atoms with E-state index >= 15 is 0 Å². The number of rotatable bonds is 4. The molecule has 0 aromatic carbocycles. The monoisotopic (exact) mass is 291 g/mol. The first-order chi connectivity index (χ1) is 9.29. The Hall–Kier alpha value is -1.70. The number of pyridine rings is 1. The molecule has 0 spiro atoms. The molecule has 0 radical (unpaired) electrons.